The van der Waals surface area contributed by atoms with Gasteiger partial charge >= 0.3 is 0 Å². The number of nitrogens with zero attached hydrogens (tertiary/aromatic N) is 1. The van der Waals surface area contributed by atoms with Gasteiger partial charge < -0.3 is 10.1 Å². The molecule has 0 radical (unpaired) electrons. The van der Waals surface area contributed by atoms with Crippen molar-refractivity contribution >= 4 is 23.3 Å². The Morgan fingerprint density at radius 1 is 1.33 bits per heavy atom. The van der Waals surface area contributed by atoms with E-state index in [4.69, 9.17) is 21.3 Å². The van der Waals surface area contributed by atoms with E-state index in [1.54, 1.807) is 0 Å². The minimum Gasteiger partial charge on any atom is -0.465 e. The summed E-state index contributed by atoms with van der Waals surface area (Å²) >= 11 is 6.02. The van der Waals surface area contributed by atoms with Gasteiger partial charge in [0.2, 0.25) is 0 Å². The molecule has 5 rings (SSSR count). The van der Waals surface area contributed by atoms with Crippen molar-refractivity contribution in [3.05, 3.63) is 29.3 Å². The van der Waals surface area contributed by atoms with Crippen LogP contribution in [0.25, 0.3) is 0 Å². The number of hydrogen-bond acceptors (Lipinski definition) is 3. The first-order valence-electron chi connectivity index (χ1n) is 7.77. The monoisotopic (exact) mass is 304 g/mol. The van der Waals surface area contributed by atoms with E-state index >= 15 is 0 Å². The molecule has 2 bridgehead atoms. The number of benzene rings is 1. The minimum absolute atomic E-state index is 0.417. The van der Waals surface area contributed by atoms with Crippen molar-refractivity contribution in [2.75, 3.05) is 11.9 Å². The number of halogens is 1. The van der Waals surface area contributed by atoms with E-state index in [2.05, 4.69) is 19.2 Å². The standard InChI is InChI=1S/C17H21ClN2O/c1-17(2)11-6-10-9-21-16(20-15(10)14(17)7-11)19-13-5-3-4-12(18)8-13/h3-5,8,10-11,14-15H,6-7,9H2,1-2H3,(H,19,20)/t10-,11+,14+,15+/m1/s1. The zero-order valence-electron chi connectivity index (χ0n) is 12.5. The second kappa shape index (κ2) is 4.64. The third-order valence-corrected chi connectivity index (χ3v) is 6.04. The number of aliphatic imine (C=N–C) groups is 1. The Kier molecular flexibility index (Phi) is 2.97. The Balaban J connectivity index is 1.55. The van der Waals surface area contributed by atoms with Gasteiger partial charge in [-0.25, -0.2) is 4.99 Å². The van der Waals surface area contributed by atoms with Gasteiger partial charge in [-0.15, -0.1) is 0 Å². The van der Waals surface area contributed by atoms with Crippen LogP contribution in [0.3, 0.4) is 0 Å². The molecule has 0 unspecified atom stereocenters. The largest absolute Gasteiger partial charge is 0.465 e. The second-order valence-corrected chi connectivity index (χ2v) is 7.66. The van der Waals surface area contributed by atoms with Crippen LogP contribution < -0.4 is 5.32 Å². The zero-order valence-corrected chi connectivity index (χ0v) is 13.2. The van der Waals surface area contributed by atoms with Crippen molar-refractivity contribution in [2.45, 2.75) is 32.7 Å². The SMILES string of the molecule is CC1(C)[C@H]2C[C@@H]3COC(Nc4cccc(Cl)c4)=N[C@@H]3[C@@H]1C2. The average molecular weight is 305 g/mol. The molecule has 1 aromatic rings. The van der Waals surface area contributed by atoms with Crippen LogP contribution in [0.2, 0.25) is 5.02 Å². The summed E-state index contributed by atoms with van der Waals surface area (Å²) in [4.78, 5) is 4.88. The fourth-order valence-electron chi connectivity index (χ4n) is 4.35. The second-order valence-electron chi connectivity index (χ2n) is 7.23. The van der Waals surface area contributed by atoms with Gasteiger partial charge in [0.15, 0.2) is 0 Å². The Hall–Kier alpha value is -1.22. The molecule has 4 atom stereocenters. The van der Waals surface area contributed by atoms with Crippen LogP contribution in [0, 0.1) is 23.2 Å². The van der Waals surface area contributed by atoms with Crippen molar-refractivity contribution < 1.29 is 4.74 Å². The molecule has 0 saturated heterocycles. The predicted molar refractivity (Wildman–Crippen MR) is 85.7 cm³/mol. The van der Waals surface area contributed by atoms with Crippen LogP contribution in [-0.2, 0) is 4.74 Å². The van der Waals surface area contributed by atoms with E-state index in [-0.39, 0.29) is 0 Å². The molecule has 1 aromatic carbocycles. The molecule has 21 heavy (non-hydrogen) atoms. The average Bonchev–Trinajstić information content (AvgIpc) is 2.46. The van der Waals surface area contributed by atoms with Gasteiger partial charge in [-0.05, 0) is 48.3 Å². The van der Waals surface area contributed by atoms with Crippen molar-refractivity contribution in [1.29, 1.82) is 0 Å². The van der Waals surface area contributed by atoms with E-state index in [0.717, 1.165) is 23.2 Å². The van der Waals surface area contributed by atoms with E-state index in [0.29, 0.717) is 29.3 Å². The summed E-state index contributed by atoms with van der Waals surface area (Å²) in [6.07, 6.45) is 2.60. The molecule has 0 aromatic heterocycles. The summed E-state index contributed by atoms with van der Waals surface area (Å²) in [6.45, 7) is 5.59. The van der Waals surface area contributed by atoms with E-state index < -0.39 is 0 Å². The summed E-state index contributed by atoms with van der Waals surface area (Å²) in [6, 6.07) is 8.74. The third kappa shape index (κ3) is 2.13. The minimum atomic E-state index is 0.417. The maximum Gasteiger partial charge on any atom is 0.289 e. The Morgan fingerprint density at radius 3 is 2.95 bits per heavy atom. The highest BCUT2D eigenvalue weighted by molar-refractivity contribution is 6.30. The molecule has 1 aliphatic heterocycles. The summed E-state index contributed by atoms with van der Waals surface area (Å²) in [5.41, 5.74) is 1.38. The Labute approximate surface area is 130 Å². The highest BCUT2D eigenvalue weighted by Gasteiger charge is 2.58. The van der Waals surface area contributed by atoms with Crippen molar-refractivity contribution in [2.24, 2.45) is 28.2 Å². The molecule has 4 aliphatic rings. The smallest absolute Gasteiger partial charge is 0.289 e. The number of anilines is 1. The Morgan fingerprint density at radius 2 is 2.19 bits per heavy atom. The fraction of sp³-hybridized carbons (Fsp3) is 0.588. The van der Waals surface area contributed by atoms with Gasteiger partial charge in [0, 0.05) is 16.6 Å². The molecule has 3 aliphatic carbocycles. The normalized spacial score (nSPS) is 35.9. The predicted octanol–water partition coefficient (Wildman–Crippen LogP) is 4.19. The molecular weight excluding hydrogens is 284 g/mol. The van der Waals surface area contributed by atoms with E-state index in [1.807, 2.05) is 24.3 Å². The first kappa shape index (κ1) is 13.4. The highest BCUT2D eigenvalue weighted by atomic mass is 35.5. The van der Waals surface area contributed by atoms with Crippen LogP contribution in [0.5, 0.6) is 0 Å². The van der Waals surface area contributed by atoms with Gasteiger partial charge in [0.05, 0.1) is 12.6 Å². The lowest BCUT2D eigenvalue weighted by Gasteiger charge is -2.62. The van der Waals surface area contributed by atoms with Gasteiger partial charge in [-0.3, -0.25) is 0 Å². The summed E-state index contributed by atoms with van der Waals surface area (Å²) in [5.74, 6) is 2.18. The first-order chi connectivity index (χ1) is 10.0. The number of rotatable bonds is 1. The summed E-state index contributed by atoms with van der Waals surface area (Å²) in [7, 11) is 0. The molecule has 1 N–H and O–H groups in total. The molecule has 112 valence electrons. The lowest BCUT2D eigenvalue weighted by Crippen LogP contribution is -2.60. The number of ether oxygens (including phenoxy) is 1. The molecule has 4 heteroatoms. The van der Waals surface area contributed by atoms with Crippen molar-refractivity contribution in [3.8, 4) is 0 Å². The first-order valence-corrected chi connectivity index (χ1v) is 8.15. The van der Waals surface area contributed by atoms with E-state index in [9.17, 15) is 0 Å². The third-order valence-electron chi connectivity index (χ3n) is 5.81. The molecule has 1 heterocycles. The van der Waals surface area contributed by atoms with Gasteiger partial charge in [0.1, 0.15) is 0 Å². The topological polar surface area (TPSA) is 33.6 Å². The number of hydrogen-bond donors (Lipinski definition) is 1. The van der Waals surface area contributed by atoms with Gasteiger partial charge in [-0.2, -0.15) is 0 Å². The summed E-state index contributed by atoms with van der Waals surface area (Å²) in [5, 5.41) is 3.98. The molecular formula is C17H21ClN2O. The van der Waals surface area contributed by atoms with Crippen LogP contribution in [0.1, 0.15) is 26.7 Å². The Bertz CT molecular complexity index is 598. The number of nitrogens with one attached hydrogen (secondary N) is 1. The quantitative estimate of drug-likeness (QED) is 0.844. The molecule has 3 nitrogen and oxygen atoms in total. The lowest BCUT2D eigenvalue weighted by atomic mass is 9.45. The molecule has 0 amide bonds. The maximum absolute atomic E-state index is 6.02. The van der Waals surface area contributed by atoms with Gasteiger partial charge in [0.25, 0.3) is 6.02 Å². The molecule has 3 fully saturated rings. The van der Waals surface area contributed by atoms with E-state index in [1.165, 1.54) is 12.8 Å². The van der Waals surface area contributed by atoms with Crippen molar-refractivity contribution in [3.63, 3.8) is 0 Å². The fourth-order valence-corrected chi connectivity index (χ4v) is 4.54. The van der Waals surface area contributed by atoms with Crippen LogP contribution in [0.15, 0.2) is 29.3 Å². The van der Waals surface area contributed by atoms with Gasteiger partial charge in [-0.1, -0.05) is 31.5 Å². The lowest BCUT2D eigenvalue weighted by molar-refractivity contribution is -0.116. The molecule has 0 spiro atoms. The van der Waals surface area contributed by atoms with Crippen LogP contribution in [0.4, 0.5) is 5.69 Å². The van der Waals surface area contributed by atoms with Crippen LogP contribution >= 0.6 is 11.6 Å². The van der Waals surface area contributed by atoms with Crippen molar-refractivity contribution in [1.82, 2.24) is 0 Å². The summed E-state index contributed by atoms with van der Waals surface area (Å²) < 4.78 is 5.82. The van der Waals surface area contributed by atoms with Crippen LogP contribution in [-0.4, -0.2) is 18.7 Å². The number of amidine groups is 1. The molecule has 3 saturated carbocycles. The highest BCUT2D eigenvalue weighted by Crippen LogP contribution is 2.61. The zero-order chi connectivity index (χ0) is 14.6. The maximum atomic E-state index is 6.02.